The molecule has 0 bridgehead atoms. The Morgan fingerprint density at radius 2 is 1.78 bits per heavy atom. The predicted molar refractivity (Wildman–Crippen MR) is 78.0 cm³/mol. The lowest BCUT2D eigenvalue weighted by Gasteiger charge is -2.14. The molecule has 1 atom stereocenters. The maximum Gasteiger partial charge on any atom is 0.119 e. The Morgan fingerprint density at radius 1 is 1.17 bits per heavy atom. The van der Waals surface area contributed by atoms with Crippen LogP contribution in [0.15, 0.2) is 12.1 Å². The van der Waals surface area contributed by atoms with Crippen LogP contribution in [0, 0.1) is 31.6 Å². The average molecular weight is 244 g/mol. The van der Waals surface area contributed by atoms with Crippen LogP contribution in [0.2, 0.25) is 0 Å². The summed E-state index contributed by atoms with van der Waals surface area (Å²) in [5.41, 5.74) is 4.03. The van der Waals surface area contributed by atoms with Crippen molar-refractivity contribution in [2.45, 2.75) is 47.5 Å². The molecule has 0 saturated carbocycles. The van der Waals surface area contributed by atoms with E-state index in [4.69, 9.17) is 4.74 Å². The summed E-state index contributed by atoms with van der Waals surface area (Å²) in [4.78, 5) is 0. The second kappa shape index (κ2) is 7.11. The molecule has 1 unspecified atom stereocenters. The van der Waals surface area contributed by atoms with Gasteiger partial charge in [-0.05, 0) is 56.0 Å². The maximum absolute atomic E-state index is 5.56. The molecule has 1 aromatic rings. The number of ether oxygens (including phenoxy) is 1. The fourth-order valence-corrected chi connectivity index (χ4v) is 2.16. The van der Waals surface area contributed by atoms with E-state index < -0.39 is 0 Å². The first-order valence-electron chi connectivity index (χ1n) is 6.79. The maximum atomic E-state index is 5.56. The second-order valence-electron chi connectivity index (χ2n) is 4.75. The van der Waals surface area contributed by atoms with E-state index in [1.165, 1.54) is 16.7 Å². The summed E-state index contributed by atoms with van der Waals surface area (Å²) in [6.45, 7) is 11.3. The van der Waals surface area contributed by atoms with Crippen molar-refractivity contribution in [1.82, 2.24) is 0 Å². The number of hydrogen-bond acceptors (Lipinski definition) is 1. The molecule has 98 valence electrons. The molecule has 0 saturated heterocycles. The topological polar surface area (TPSA) is 9.23 Å². The van der Waals surface area contributed by atoms with Gasteiger partial charge >= 0.3 is 0 Å². The molecule has 0 aromatic heterocycles. The predicted octanol–water partition coefficient (Wildman–Crippen LogP) is 4.29. The highest BCUT2D eigenvalue weighted by molar-refractivity contribution is 5.41. The third kappa shape index (κ3) is 4.11. The van der Waals surface area contributed by atoms with Gasteiger partial charge in [-0.25, -0.2) is 0 Å². The van der Waals surface area contributed by atoms with E-state index in [0.717, 1.165) is 25.2 Å². The monoisotopic (exact) mass is 244 g/mol. The van der Waals surface area contributed by atoms with E-state index in [1.54, 1.807) is 0 Å². The highest BCUT2D eigenvalue weighted by atomic mass is 16.5. The molecule has 18 heavy (non-hydrogen) atoms. The lowest BCUT2D eigenvalue weighted by Crippen LogP contribution is -2.03. The van der Waals surface area contributed by atoms with Crippen LogP contribution < -0.4 is 4.74 Å². The summed E-state index contributed by atoms with van der Waals surface area (Å²) in [6.07, 6.45) is 1.96. The van der Waals surface area contributed by atoms with Gasteiger partial charge in [0.15, 0.2) is 0 Å². The zero-order valence-corrected chi connectivity index (χ0v) is 12.3. The summed E-state index contributed by atoms with van der Waals surface area (Å²) in [6, 6.07) is 4.26. The number of aryl methyl sites for hydroxylation is 2. The minimum absolute atomic E-state index is 0.417. The Morgan fingerprint density at radius 3 is 2.28 bits per heavy atom. The van der Waals surface area contributed by atoms with Crippen LogP contribution in [-0.4, -0.2) is 6.61 Å². The van der Waals surface area contributed by atoms with Gasteiger partial charge in [0.2, 0.25) is 0 Å². The molecule has 0 spiro atoms. The fraction of sp³-hybridized carbons (Fsp3) is 0.529. The summed E-state index contributed by atoms with van der Waals surface area (Å²) in [7, 11) is 0. The third-order valence-electron chi connectivity index (χ3n) is 3.02. The molecule has 0 radical (unpaired) electrons. The van der Waals surface area contributed by atoms with Crippen molar-refractivity contribution in [3.63, 3.8) is 0 Å². The van der Waals surface area contributed by atoms with Gasteiger partial charge in [-0.1, -0.05) is 19.8 Å². The molecule has 0 amide bonds. The van der Waals surface area contributed by atoms with Gasteiger partial charge in [0.05, 0.1) is 6.61 Å². The molecular formula is C17H24O. The molecule has 0 aliphatic heterocycles. The summed E-state index contributed by atoms with van der Waals surface area (Å²) in [5.74, 6) is 7.85. The van der Waals surface area contributed by atoms with Crippen LogP contribution in [0.1, 0.15) is 43.9 Å². The smallest absolute Gasteiger partial charge is 0.119 e. The Hall–Kier alpha value is -1.42. The van der Waals surface area contributed by atoms with Crippen molar-refractivity contribution in [2.24, 2.45) is 5.92 Å². The molecule has 1 rings (SSSR count). The highest BCUT2D eigenvalue weighted by Crippen LogP contribution is 2.24. The fourth-order valence-electron chi connectivity index (χ4n) is 2.16. The molecule has 0 N–H and O–H groups in total. The zero-order valence-electron chi connectivity index (χ0n) is 12.3. The molecule has 1 heteroatoms. The van der Waals surface area contributed by atoms with Crippen molar-refractivity contribution in [2.75, 3.05) is 6.61 Å². The highest BCUT2D eigenvalue weighted by Gasteiger charge is 2.08. The Kier molecular flexibility index (Phi) is 5.78. The first kappa shape index (κ1) is 14.6. The van der Waals surface area contributed by atoms with Crippen LogP contribution in [0.25, 0.3) is 0 Å². The van der Waals surface area contributed by atoms with Gasteiger partial charge in [0.25, 0.3) is 0 Å². The van der Waals surface area contributed by atoms with Crippen molar-refractivity contribution in [3.8, 4) is 17.6 Å². The first-order valence-corrected chi connectivity index (χ1v) is 6.79. The second-order valence-corrected chi connectivity index (χ2v) is 4.75. The normalized spacial score (nSPS) is 11.6. The lowest BCUT2D eigenvalue weighted by molar-refractivity contribution is 0.339. The Balaban J connectivity index is 2.89. The lowest BCUT2D eigenvalue weighted by atomic mass is 9.93. The number of hydrogen-bond donors (Lipinski definition) is 0. The van der Waals surface area contributed by atoms with Gasteiger partial charge in [0, 0.05) is 12.3 Å². The van der Waals surface area contributed by atoms with Gasteiger partial charge in [-0.15, -0.1) is 5.92 Å². The molecule has 0 aliphatic carbocycles. The standard InChI is InChI=1S/C17H24O/c1-6-8-9-13(3)10-17-14(4)11-16(18-7-2)12-15(17)5/h11-13H,6-7,10H2,1-5H3. The summed E-state index contributed by atoms with van der Waals surface area (Å²) >= 11 is 0. The first-order chi connectivity index (χ1) is 8.58. The van der Waals surface area contributed by atoms with Gasteiger partial charge in [0.1, 0.15) is 5.75 Å². The van der Waals surface area contributed by atoms with Crippen molar-refractivity contribution < 1.29 is 4.74 Å². The van der Waals surface area contributed by atoms with Gasteiger partial charge in [-0.3, -0.25) is 0 Å². The van der Waals surface area contributed by atoms with Crippen LogP contribution in [0.3, 0.4) is 0 Å². The van der Waals surface area contributed by atoms with E-state index in [-0.39, 0.29) is 0 Å². The van der Waals surface area contributed by atoms with Crippen LogP contribution in [0.4, 0.5) is 0 Å². The van der Waals surface area contributed by atoms with E-state index in [1.807, 2.05) is 6.92 Å². The molecular weight excluding hydrogens is 220 g/mol. The third-order valence-corrected chi connectivity index (χ3v) is 3.02. The molecule has 0 aliphatic rings. The minimum atomic E-state index is 0.417. The zero-order chi connectivity index (χ0) is 13.5. The Bertz CT molecular complexity index is 425. The van der Waals surface area contributed by atoms with Crippen molar-refractivity contribution in [1.29, 1.82) is 0 Å². The van der Waals surface area contributed by atoms with Crippen molar-refractivity contribution in [3.05, 3.63) is 28.8 Å². The Labute approximate surface area is 112 Å². The molecule has 0 heterocycles. The van der Waals surface area contributed by atoms with Gasteiger partial charge in [-0.2, -0.15) is 0 Å². The summed E-state index contributed by atoms with van der Waals surface area (Å²) in [5, 5.41) is 0. The number of rotatable bonds is 4. The van der Waals surface area contributed by atoms with Crippen LogP contribution in [0.5, 0.6) is 5.75 Å². The van der Waals surface area contributed by atoms with E-state index in [9.17, 15) is 0 Å². The van der Waals surface area contributed by atoms with Crippen LogP contribution >= 0.6 is 0 Å². The van der Waals surface area contributed by atoms with Crippen LogP contribution in [-0.2, 0) is 6.42 Å². The minimum Gasteiger partial charge on any atom is -0.494 e. The largest absolute Gasteiger partial charge is 0.494 e. The average Bonchev–Trinajstić information content (AvgIpc) is 2.31. The van der Waals surface area contributed by atoms with E-state index >= 15 is 0 Å². The summed E-state index contributed by atoms with van der Waals surface area (Å²) < 4.78 is 5.56. The van der Waals surface area contributed by atoms with E-state index in [0.29, 0.717) is 5.92 Å². The number of benzene rings is 1. The van der Waals surface area contributed by atoms with E-state index in [2.05, 4.69) is 51.7 Å². The quantitative estimate of drug-likeness (QED) is 0.718. The molecule has 0 fully saturated rings. The molecule has 1 aromatic carbocycles. The van der Waals surface area contributed by atoms with Crippen molar-refractivity contribution >= 4 is 0 Å². The van der Waals surface area contributed by atoms with Gasteiger partial charge < -0.3 is 4.74 Å². The SMILES string of the molecule is CCC#CC(C)Cc1c(C)cc(OCC)cc1C. The molecule has 1 nitrogen and oxygen atoms in total.